The lowest BCUT2D eigenvalue weighted by molar-refractivity contribution is -0.159. The number of halogens is 1. The summed E-state index contributed by atoms with van der Waals surface area (Å²) < 4.78 is 32.1. The number of amides is 1. The molecule has 174 valence electrons. The fourth-order valence-electron chi connectivity index (χ4n) is 3.02. The van der Waals surface area contributed by atoms with Gasteiger partial charge in [-0.3, -0.25) is 19.4 Å². The van der Waals surface area contributed by atoms with Crippen LogP contribution >= 0.6 is 11.6 Å². The minimum absolute atomic E-state index is 0.0106. The number of aryl methyl sites for hydroxylation is 1. The van der Waals surface area contributed by atoms with Gasteiger partial charge in [-0.1, -0.05) is 11.6 Å². The first-order valence-corrected chi connectivity index (χ1v) is 11.6. The molecule has 0 fully saturated rings. The van der Waals surface area contributed by atoms with Crippen molar-refractivity contribution in [3.63, 3.8) is 0 Å². The van der Waals surface area contributed by atoms with Crippen LogP contribution < -0.4 is 16.0 Å². The Hall–Kier alpha value is -3.41. The van der Waals surface area contributed by atoms with Crippen molar-refractivity contribution in [1.82, 2.24) is 14.6 Å². The van der Waals surface area contributed by atoms with Crippen LogP contribution in [0.15, 0.2) is 69.1 Å². The van der Waals surface area contributed by atoms with Crippen molar-refractivity contribution in [2.24, 2.45) is 0 Å². The summed E-state index contributed by atoms with van der Waals surface area (Å²) in [6.45, 7) is 0.986. The lowest BCUT2D eigenvalue weighted by Crippen LogP contribution is -2.46. The minimum Gasteiger partial charge on any atom is -0.457 e. The van der Waals surface area contributed by atoms with E-state index in [1.165, 1.54) is 31.2 Å². The van der Waals surface area contributed by atoms with Gasteiger partial charge in [-0.25, -0.2) is 18.3 Å². The Labute approximate surface area is 193 Å². The number of aromatic amines is 1. The van der Waals surface area contributed by atoms with Gasteiger partial charge in [0.05, 0.1) is 23.2 Å². The Kier molecular flexibility index (Phi) is 7.36. The number of hydrogen-bond acceptors (Lipinski definition) is 7. The number of hydroxylamine groups is 2. The number of aromatic nitrogens is 2. The minimum atomic E-state index is -4.02. The van der Waals surface area contributed by atoms with Gasteiger partial charge < -0.3 is 9.72 Å². The monoisotopic (exact) mass is 493 g/mol. The lowest BCUT2D eigenvalue weighted by Gasteiger charge is -2.23. The van der Waals surface area contributed by atoms with Crippen LogP contribution in [0.4, 0.5) is 0 Å². The van der Waals surface area contributed by atoms with E-state index in [-0.39, 0.29) is 16.4 Å². The summed E-state index contributed by atoms with van der Waals surface area (Å²) in [5.41, 5.74) is -1.16. The standard InChI is InChI=1S/C21H20ClN3O7S/c1-14-10-20(27)24(21(28)23-14)11-16(25(29)13-26)12-33(30,31)19-8-6-18(7-9-19)32-17-4-2-15(22)3-5-17/h2-10,13,16,29H,11-12H2,1H3,(H,23,28). The third-order valence-corrected chi connectivity index (χ3v) is 6.74. The maximum Gasteiger partial charge on any atom is 0.328 e. The highest BCUT2D eigenvalue weighted by Gasteiger charge is 2.27. The second-order valence-electron chi connectivity index (χ2n) is 7.15. The number of ether oxygens (including phenoxy) is 1. The van der Waals surface area contributed by atoms with Gasteiger partial charge >= 0.3 is 5.69 Å². The molecule has 1 atom stereocenters. The Bertz CT molecular complexity index is 1320. The van der Waals surface area contributed by atoms with Crippen LogP contribution in [0, 0.1) is 6.92 Å². The average Bonchev–Trinajstić information content (AvgIpc) is 2.76. The quantitative estimate of drug-likeness (QED) is 0.264. The molecule has 0 bridgehead atoms. The van der Waals surface area contributed by atoms with Crippen molar-refractivity contribution in [2.45, 2.75) is 24.4 Å². The summed E-state index contributed by atoms with van der Waals surface area (Å²) in [5.74, 6) is 0.146. The van der Waals surface area contributed by atoms with Crippen LogP contribution in [-0.4, -0.2) is 46.4 Å². The average molecular weight is 494 g/mol. The van der Waals surface area contributed by atoms with E-state index in [2.05, 4.69) is 4.98 Å². The fraction of sp³-hybridized carbons (Fsp3) is 0.190. The molecule has 0 saturated heterocycles. The van der Waals surface area contributed by atoms with Crippen LogP contribution in [0.3, 0.4) is 0 Å². The fourth-order valence-corrected chi connectivity index (χ4v) is 4.66. The van der Waals surface area contributed by atoms with Crippen LogP contribution in [-0.2, 0) is 21.2 Å². The molecular formula is C21H20ClN3O7S. The molecule has 0 aliphatic heterocycles. The molecule has 10 nitrogen and oxygen atoms in total. The van der Waals surface area contributed by atoms with Crippen molar-refractivity contribution >= 4 is 27.8 Å². The molecule has 0 aliphatic rings. The molecule has 0 radical (unpaired) electrons. The largest absolute Gasteiger partial charge is 0.457 e. The molecule has 1 aromatic heterocycles. The molecule has 33 heavy (non-hydrogen) atoms. The highest BCUT2D eigenvalue weighted by atomic mass is 35.5. The smallest absolute Gasteiger partial charge is 0.328 e. The summed E-state index contributed by atoms with van der Waals surface area (Å²) in [7, 11) is -4.02. The first-order valence-electron chi connectivity index (χ1n) is 9.58. The van der Waals surface area contributed by atoms with E-state index in [9.17, 15) is 28.0 Å². The predicted octanol–water partition coefficient (Wildman–Crippen LogP) is 1.98. The van der Waals surface area contributed by atoms with E-state index in [0.29, 0.717) is 26.8 Å². The SMILES string of the molecule is Cc1cc(=O)n(CC(CS(=O)(=O)c2ccc(Oc3ccc(Cl)cc3)cc2)N(O)C=O)c(=O)[nH]1. The van der Waals surface area contributed by atoms with Gasteiger partial charge in [0.15, 0.2) is 9.84 Å². The summed E-state index contributed by atoms with van der Waals surface area (Å²) in [6.07, 6.45) is 0.0106. The van der Waals surface area contributed by atoms with E-state index >= 15 is 0 Å². The Morgan fingerprint density at radius 1 is 1.12 bits per heavy atom. The molecule has 0 spiro atoms. The van der Waals surface area contributed by atoms with Gasteiger partial charge in [0, 0.05) is 16.8 Å². The molecule has 12 heteroatoms. The van der Waals surface area contributed by atoms with Crippen LogP contribution in [0.2, 0.25) is 5.02 Å². The summed E-state index contributed by atoms with van der Waals surface area (Å²) in [5, 5.41) is 10.6. The third kappa shape index (κ3) is 6.09. The number of nitrogens with zero attached hydrogens (tertiary/aromatic N) is 2. The molecule has 1 unspecified atom stereocenters. The molecule has 0 aliphatic carbocycles. The summed E-state index contributed by atoms with van der Waals surface area (Å²) >= 11 is 5.83. The van der Waals surface area contributed by atoms with Gasteiger partial charge in [0.2, 0.25) is 6.41 Å². The third-order valence-electron chi connectivity index (χ3n) is 4.67. The van der Waals surface area contributed by atoms with Crippen molar-refractivity contribution in [2.75, 3.05) is 5.75 Å². The van der Waals surface area contributed by atoms with Crippen LogP contribution in [0.5, 0.6) is 11.5 Å². The van der Waals surface area contributed by atoms with Crippen molar-refractivity contribution in [3.8, 4) is 11.5 Å². The zero-order valence-electron chi connectivity index (χ0n) is 17.3. The summed E-state index contributed by atoms with van der Waals surface area (Å²) in [6, 6.07) is 11.9. The number of H-pyrrole nitrogens is 1. The maximum atomic E-state index is 12.9. The van der Waals surface area contributed by atoms with Crippen molar-refractivity contribution in [3.05, 3.63) is 86.2 Å². The Morgan fingerprint density at radius 2 is 1.70 bits per heavy atom. The molecule has 3 aromatic rings. The predicted molar refractivity (Wildman–Crippen MR) is 120 cm³/mol. The molecule has 2 aromatic carbocycles. The van der Waals surface area contributed by atoms with Gasteiger partial charge in [-0.2, -0.15) is 0 Å². The second kappa shape index (κ2) is 10.0. The van der Waals surface area contributed by atoms with E-state index in [1.807, 2.05) is 0 Å². The number of carbonyl (C=O) groups excluding carboxylic acids is 1. The lowest BCUT2D eigenvalue weighted by atomic mass is 10.3. The number of sulfone groups is 1. The van der Waals surface area contributed by atoms with Crippen molar-refractivity contribution < 1.29 is 23.2 Å². The van der Waals surface area contributed by atoms with Crippen LogP contribution in [0.25, 0.3) is 0 Å². The van der Waals surface area contributed by atoms with Crippen molar-refractivity contribution in [1.29, 1.82) is 0 Å². The molecule has 3 rings (SSSR count). The molecule has 1 heterocycles. The van der Waals surface area contributed by atoms with E-state index in [0.717, 1.165) is 6.07 Å². The van der Waals surface area contributed by atoms with Gasteiger partial charge in [-0.15, -0.1) is 0 Å². The summed E-state index contributed by atoms with van der Waals surface area (Å²) in [4.78, 5) is 37.7. The first kappa shape index (κ1) is 24.2. The first-order chi connectivity index (χ1) is 15.6. The number of rotatable bonds is 9. The van der Waals surface area contributed by atoms with E-state index < -0.39 is 39.4 Å². The number of hydrogen-bond donors (Lipinski definition) is 2. The zero-order valence-corrected chi connectivity index (χ0v) is 18.9. The normalized spacial score (nSPS) is 12.2. The van der Waals surface area contributed by atoms with E-state index in [1.54, 1.807) is 24.3 Å². The Balaban J connectivity index is 1.81. The highest BCUT2D eigenvalue weighted by Crippen LogP contribution is 2.25. The van der Waals surface area contributed by atoms with Crippen LogP contribution in [0.1, 0.15) is 5.69 Å². The molecule has 0 saturated carbocycles. The second-order valence-corrected chi connectivity index (χ2v) is 9.63. The van der Waals surface area contributed by atoms with E-state index in [4.69, 9.17) is 16.3 Å². The van der Waals surface area contributed by atoms with Gasteiger partial charge in [0.1, 0.15) is 11.5 Å². The zero-order chi connectivity index (χ0) is 24.2. The van der Waals surface area contributed by atoms with Gasteiger partial charge in [0.25, 0.3) is 5.56 Å². The number of nitrogens with one attached hydrogen (secondary N) is 1. The number of carbonyl (C=O) groups is 1. The maximum absolute atomic E-state index is 12.9. The Morgan fingerprint density at radius 3 is 2.24 bits per heavy atom. The van der Waals surface area contributed by atoms with Gasteiger partial charge in [-0.05, 0) is 55.5 Å². The number of benzene rings is 2. The highest BCUT2D eigenvalue weighted by molar-refractivity contribution is 7.91. The molecule has 1 amide bonds. The molecule has 2 N–H and O–H groups in total. The molecular weight excluding hydrogens is 474 g/mol. The topological polar surface area (TPSA) is 139 Å².